The fraction of sp³-hybridized carbons (Fsp3) is 0. The Bertz CT molecular complexity index is 2620. The second-order valence-electron chi connectivity index (χ2n) is 7.27. The second kappa shape index (κ2) is 7.08. The lowest BCUT2D eigenvalue weighted by Crippen LogP contribution is -1.90. The summed E-state index contributed by atoms with van der Waals surface area (Å²) in [7, 11) is 0. The first-order chi connectivity index (χ1) is 23.4. The van der Waals surface area contributed by atoms with Gasteiger partial charge in [0.25, 0.3) is 0 Å². The van der Waals surface area contributed by atoms with Gasteiger partial charge in [-0.25, -0.2) is 0 Å². The minimum Gasteiger partial charge on any atom is -0.456 e. The maximum absolute atomic E-state index is 9.07. The summed E-state index contributed by atoms with van der Waals surface area (Å²) in [5.41, 5.74) is -0.923. The summed E-state index contributed by atoms with van der Waals surface area (Å²) in [6, 6.07) is -6.94. The summed E-state index contributed by atoms with van der Waals surface area (Å²) in [5.74, 6) is 0. The van der Waals surface area contributed by atoms with E-state index in [4.69, 9.17) is 27.7 Å². The van der Waals surface area contributed by atoms with Gasteiger partial charge in [0.05, 0.1) is 23.3 Å². The molecule has 0 aliphatic carbocycles. The molecule has 154 valence electrons. The van der Waals surface area contributed by atoms with Crippen LogP contribution in [0.15, 0.2) is 125 Å². The third-order valence-corrected chi connectivity index (χ3v) is 5.53. The van der Waals surface area contributed by atoms with E-state index in [0.29, 0.717) is 0 Å². The van der Waals surface area contributed by atoms with Crippen LogP contribution in [0.1, 0.15) is 23.3 Å². The summed E-state index contributed by atoms with van der Waals surface area (Å²) in [6.07, 6.45) is 0. The lowest BCUT2D eigenvalue weighted by atomic mass is 9.86. The monoisotopic (exact) mass is 437 g/mol. The number of hydrogen-bond donors (Lipinski definition) is 0. The Morgan fingerprint density at radius 3 is 1.58 bits per heavy atom. The quantitative estimate of drug-likeness (QED) is 0.246. The van der Waals surface area contributed by atoms with Crippen molar-refractivity contribution in [3.63, 3.8) is 0 Å². The predicted molar refractivity (Wildman–Crippen MR) is 140 cm³/mol. The first-order valence-corrected chi connectivity index (χ1v) is 9.90. The van der Waals surface area contributed by atoms with Gasteiger partial charge in [0.15, 0.2) is 0 Å². The first-order valence-electron chi connectivity index (χ1n) is 18.4. The number of hydrogen-bond acceptors (Lipinski definition) is 1. The van der Waals surface area contributed by atoms with E-state index < -0.39 is 114 Å². The Hall–Kier alpha value is -4.36. The van der Waals surface area contributed by atoms with E-state index in [-0.39, 0.29) is 54.6 Å². The minimum absolute atomic E-state index is 0.0148. The lowest BCUT2D eigenvalue weighted by molar-refractivity contribution is 0.669. The molecule has 33 heavy (non-hydrogen) atoms. The summed E-state index contributed by atoms with van der Waals surface area (Å²) in [6.45, 7) is 0. The van der Waals surface area contributed by atoms with Gasteiger partial charge in [0, 0.05) is 10.8 Å². The van der Waals surface area contributed by atoms with Gasteiger partial charge >= 0.3 is 0 Å². The van der Waals surface area contributed by atoms with Crippen LogP contribution in [0, 0.1) is 0 Å². The molecule has 0 fully saturated rings. The molecule has 6 aromatic carbocycles. The fourth-order valence-electron chi connectivity index (χ4n) is 4.19. The van der Waals surface area contributed by atoms with Crippen LogP contribution in [-0.4, -0.2) is 0 Å². The molecule has 0 unspecified atom stereocenters. The number of fused-ring (bicyclic) bond motifs is 5. The van der Waals surface area contributed by atoms with Gasteiger partial charge in [-0.2, -0.15) is 0 Å². The van der Waals surface area contributed by atoms with Crippen molar-refractivity contribution >= 4 is 43.5 Å². The number of para-hydroxylation sites is 1. The largest absolute Gasteiger partial charge is 0.456 e. The van der Waals surface area contributed by atoms with Crippen LogP contribution in [0.2, 0.25) is 0 Å². The van der Waals surface area contributed by atoms with E-state index in [9.17, 15) is 0 Å². The molecular formula is C32H20O. The van der Waals surface area contributed by atoms with Crippen molar-refractivity contribution in [2.75, 3.05) is 0 Å². The molecule has 0 bridgehead atoms. The van der Waals surface area contributed by atoms with Gasteiger partial charge < -0.3 is 4.42 Å². The highest BCUT2D eigenvalue weighted by Crippen LogP contribution is 2.44. The van der Waals surface area contributed by atoms with Crippen molar-refractivity contribution in [1.82, 2.24) is 0 Å². The number of rotatable bonds is 2. The standard InChI is InChI=1S/C32H20O/c1-2-10-21(11-3-1)31-24-13-4-6-15-26(24)32(27-16-7-5-14-25(27)31)22-18-19-30-28(20-22)23-12-8-9-17-29(23)33-30/h1-20H/i1D,2D,3D,4D,5D,6D,7D,8D,9D,10D,11D,12D,13D,14D,15D,16D,17D. The first kappa shape index (κ1) is 8.20. The summed E-state index contributed by atoms with van der Waals surface area (Å²) in [5, 5.41) is -1.07. The molecule has 0 radical (unpaired) electrons. The molecule has 1 heterocycles. The molecule has 0 atom stereocenters. The van der Waals surface area contributed by atoms with Crippen LogP contribution in [0.5, 0.6) is 0 Å². The van der Waals surface area contributed by atoms with E-state index in [1.165, 1.54) is 18.2 Å². The van der Waals surface area contributed by atoms with Crippen LogP contribution in [-0.2, 0) is 0 Å². The molecule has 0 spiro atoms. The summed E-state index contributed by atoms with van der Waals surface area (Å²) >= 11 is 0. The van der Waals surface area contributed by atoms with E-state index in [1.54, 1.807) is 0 Å². The van der Waals surface area contributed by atoms with E-state index in [0.717, 1.165) is 0 Å². The average molecular weight is 438 g/mol. The van der Waals surface area contributed by atoms with Crippen molar-refractivity contribution in [2.24, 2.45) is 0 Å². The van der Waals surface area contributed by atoms with Crippen molar-refractivity contribution in [1.29, 1.82) is 0 Å². The summed E-state index contributed by atoms with van der Waals surface area (Å²) < 4.78 is 152. The van der Waals surface area contributed by atoms with Crippen molar-refractivity contribution < 1.29 is 27.7 Å². The lowest BCUT2D eigenvalue weighted by Gasteiger charge is -2.17. The van der Waals surface area contributed by atoms with Gasteiger partial charge in [0.2, 0.25) is 0 Å². The molecule has 7 aromatic rings. The maximum Gasteiger partial charge on any atom is 0.135 e. The minimum atomic E-state index is -0.769. The van der Waals surface area contributed by atoms with Crippen LogP contribution >= 0.6 is 0 Å². The summed E-state index contributed by atoms with van der Waals surface area (Å²) in [4.78, 5) is 0. The smallest absolute Gasteiger partial charge is 0.135 e. The van der Waals surface area contributed by atoms with Gasteiger partial charge in [0.1, 0.15) is 11.2 Å². The van der Waals surface area contributed by atoms with E-state index >= 15 is 0 Å². The zero-order valence-corrected chi connectivity index (χ0v) is 16.6. The van der Waals surface area contributed by atoms with Gasteiger partial charge in [-0.3, -0.25) is 0 Å². The molecule has 7 rings (SSSR count). The molecule has 1 aromatic heterocycles. The van der Waals surface area contributed by atoms with E-state index in [2.05, 4.69) is 0 Å². The highest BCUT2D eigenvalue weighted by atomic mass is 16.3. The Labute approximate surface area is 215 Å². The molecule has 0 saturated carbocycles. The second-order valence-corrected chi connectivity index (χ2v) is 7.27. The normalized spacial score (nSPS) is 18.8. The Morgan fingerprint density at radius 2 is 0.939 bits per heavy atom. The Kier molecular flexibility index (Phi) is 1.76. The molecule has 0 aliphatic heterocycles. The topological polar surface area (TPSA) is 13.1 Å². The van der Waals surface area contributed by atoms with Crippen LogP contribution in [0.25, 0.3) is 65.7 Å². The van der Waals surface area contributed by atoms with Crippen LogP contribution < -0.4 is 0 Å². The van der Waals surface area contributed by atoms with Gasteiger partial charge in [-0.05, 0) is 62.0 Å². The third-order valence-electron chi connectivity index (χ3n) is 5.53. The fourth-order valence-corrected chi connectivity index (χ4v) is 4.19. The van der Waals surface area contributed by atoms with Crippen molar-refractivity contribution in [3.05, 3.63) is 121 Å². The molecule has 1 nitrogen and oxygen atoms in total. The SMILES string of the molecule is [2H]c1c([2H])c([2H])c(-c2c3c([2H])c([2H])c([2H])c([2H])c3c(-c3ccc4oc5c([2H])c([2H])c([2H])c([2H])c5c4c3)c3c([2H])c([2H])c([2H])c([2H])c23)c([2H])c1[2H]. The maximum atomic E-state index is 9.07. The zero-order valence-electron chi connectivity index (χ0n) is 33.6. The Balaban J connectivity index is 1.83. The molecule has 0 N–H and O–H groups in total. The number of furan rings is 1. The van der Waals surface area contributed by atoms with Gasteiger partial charge in [-0.1, -0.05) is 103 Å². The highest BCUT2D eigenvalue weighted by Gasteiger charge is 2.17. The van der Waals surface area contributed by atoms with Crippen molar-refractivity contribution in [2.45, 2.75) is 0 Å². The van der Waals surface area contributed by atoms with Crippen LogP contribution in [0.4, 0.5) is 0 Å². The molecule has 0 aliphatic rings. The third kappa shape index (κ3) is 2.73. The predicted octanol–water partition coefficient (Wildman–Crippen LogP) is 9.23. The average Bonchev–Trinajstić information content (AvgIpc) is 3.49. The molecule has 0 saturated heterocycles. The molecular weight excluding hydrogens is 400 g/mol. The van der Waals surface area contributed by atoms with Crippen molar-refractivity contribution in [3.8, 4) is 22.3 Å². The van der Waals surface area contributed by atoms with E-state index in [1.807, 2.05) is 0 Å². The zero-order chi connectivity index (χ0) is 36.6. The Morgan fingerprint density at radius 1 is 0.424 bits per heavy atom. The van der Waals surface area contributed by atoms with Crippen LogP contribution in [0.3, 0.4) is 0 Å². The van der Waals surface area contributed by atoms with Gasteiger partial charge in [-0.15, -0.1) is 0 Å². The molecule has 1 heteroatoms. The molecule has 0 amide bonds. The highest BCUT2D eigenvalue weighted by molar-refractivity contribution is 6.22. The number of benzene rings is 6.